The highest BCUT2D eigenvalue weighted by molar-refractivity contribution is 5.67. The molecule has 2 heterocycles. The molecule has 3 rings (SSSR count). The molecule has 20 heavy (non-hydrogen) atoms. The Kier molecular flexibility index (Phi) is 3.07. The molecule has 0 radical (unpaired) electrons. The Balaban J connectivity index is 2.09. The molecule has 0 N–H and O–H groups in total. The van der Waals surface area contributed by atoms with E-state index in [0.29, 0.717) is 23.6 Å². The van der Waals surface area contributed by atoms with Crippen LogP contribution in [0.3, 0.4) is 0 Å². The van der Waals surface area contributed by atoms with Gasteiger partial charge in [-0.15, -0.1) is 0 Å². The Hall–Kier alpha value is -2.48. The van der Waals surface area contributed by atoms with Crippen molar-refractivity contribution in [2.24, 2.45) is 0 Å². The van der Waals surface area contributed by atoms with Crippen molar-refractivity contribution in [1.82, 2.24) is 9.97 Å². The van der Waals surface area contributed by atoms with Crippen molar-refractivity contribution in [3.8, 4) is 6.07 Å². The smallest absolute Gasteiger partial charge is 0.136 e. The first kappa shape index (κ1) is 12.5. The van der Waals surface area contributed by atoms with Gasteiger partial charge in [0.25, 0.3) is 0 Å². The maximum absolute atomic E-state index is 14.0. The van der Waals surface area contributed by atoms with Gasteiger partial charge < -0.3 is 4.90 Å². The Morgan fingerprint density at radius 1 is 1.40 bits per heavy atom. The average molecular weight is 268 g/mol. The van der Waals surface area contributed by atoms with Crippen molar-refractivity contribution in [1.29, 1.82) is 5.26 Å². The van der Waals surface area contributed by atoms with Gasteiger partial charge in [-0.05, 0) is 36.8 Å². The van der Waals surface area contributed by atoms with Crippen LogP contribution in [-0.4, -0.2) is 22.7 Å². The molecule has 1 atom stereocenters. The molecule has 0 fully saturated rings. The SMILES string of the molecule is Cc1nccc(N2CC(F)Cc3cc(C#N)ccc32)n1. The van der Waals surface area contributed by atoms with Crippen molar-refractivity contribution in [3.63, 3.8) is 0 Å². The fraction of sp³-hybridized carbons (Fsp3) is 0.267. The summed E-state index contributed by atoms with van der Waals surface area (Å²) in [5.74, 6) is 1.34. The number of nitriles is 1. The average Bonchev–Trinajstić information content (AvgIpc) is 2.45. The topological polar surface area (TPSA) is 52.8 Å². The van der Waals surface area contributed by atoms with Gasteiger partial charge in [-0.1, -0.05) is 0 Å². The number of rotatable bonds is 1. The number of fused-ring (bicyclic) bond motifs is 1. The first-order valence-electron chi connectivity index (χ1n) is 6.41. The lowest BCUT2D eigenvalue weighted by molar-refractivity contribution is 0.330. The zero-order valence-electron chi connectivity index (χ0n) is 11.0. The minimum absolute atomic E-state index is 0.273. The van der Waals surface area contributed by atoms with Gasteiger partial charge in [-0.25, -0.2) is 14.4 Å². The maximum atomic E-state index is 14.0. The molecule has 1 unspecified atom stereocenters. The normalized spacial score (nSPS) is 17.4. The second-order valence-electron chi connectivity index (χ2n) is 4.83. The summed E-state index contributed by atoms with van der Waals surface area (Å²) in [6.07, 6.45) is 1.04. The maximum Gasteiger partial charge on any atom is 0.136 e. The molecule has 100 valence electrons. The molecule has 0 aliphatic carbocycles. The number of hydrogen-bond donors (Lipinski definition) is 0. The summed E-state index contributed by atoms with van der Waals surface area (Å²) in [5.41, 5.74) is 2.31. The van der Waals surface area contributed by atoms with Crippen molar-refractivity contribution in [3.05, 3.63) is 47.4 Å². The summed E-state index contributed by atoms with van der Waals surface area (Å²) in [6, 6.07) is 9.22. The summed E-state index contributed by atoms with van der Waals surface area (Å²) in [6.45, 7) is 2.08. The van der Waals surface area contributed by atoms with E-state index in [4.69, 9.17) is 5.26 Å². The minimum Gasteiger partial charge on any atom is -0.323 e. The molecule has 0 saturated heterocycles. The van der Waals surface area contributed by atoms with Crippen LogP contribution in [0.1, 0.15) is 17.0 Å². The highest BCUT2D eigenvalue weighted by atomic mass is 19.1. The van der Waals surface area contributed by atoms with Crippen LogP contribution in [0.5, 0.6) is 0 Å². The van der Waals surface area contributed by atoms with E-state index in [1.54, 1.807) is 31.3 Å². The summed E-state index contributed by atoms with van der Waals surface area (Å²) in [7, 11) is 0. The Morgan fingerprint density at radius 2 is 2.25 bits per heavy atom. The molecule has 2 aromatic rings. The molecular formula is C15H13FN4. The molecule has 0 bridgehead atoms. The third-order valence-corrected chi connectivity index (χ3v) is 3.36. The third-order valence-electron chi connectivity index (χ3n) is 3.36. The number of nitrogens with zero attached hydrogens (tertiary/aromatic N) is 4. The van der Waals surface area contributed by atoms with Crippen LogP contribution in [0.2, 0.25) is 0 Å². The first-order chi connectivity index (χ1) is 9.67. The molecular weight excluding hydrogens is 255 g/mol. The third kappa shape index (κ3) is 2.21. The summed E-state index contributed by atoms with van der Waals surface area (Å²) >= 11 is 0. The van der Waals surface area contributed by atoms with Gasteiger partial charge in [-0.2, -0.15) is 5.26 Å². The van der Waals surface area contributed by atoms with E-state index in [-0.39, 0.29) is 6.54 Å². The molecule has 5 heteroatoms. The molecule has 4 nitrogen and oxygen atoms in total. The van der Waals surface area contributed by atoms with Gasteiger partial charge in [0.2, 0.25) is 0 Å². The highest BCUT2D eigenvalue weighted by Gasteiger charge is 2.26. The molecule has 1 aromatic heterocycles. The number of aromatic nitrogens is 2. The van der Waals surface area contributed by atoms with E-state index in [1.165, 1.54) is 0 Å². The molecule has 1 aliphatic rings. The summed E-state index contributed by atoms with van der Waals surface area (Å²) in [5, 5.41) is 8.95. The van der Waals surface area contributed by atoms with E-state index in [0.717, 1.165) is 11.3 Å². The van der Waals surface area contributed by atoms with Crippen molar-refractivity contribution in [2.45, 2.75) is 19.5 Å². The Bertz CT molecular complexity index is 693. The minimum atomic E-state index is -0.966. The van der Waals surface area contributed by atoms with Gasteiger partial charge in [0.15, 0.2) is 0 Å². The fourth-order valence-electron chi connectivity index (χ4n) is 2.49. The predicted octanol–water partition coefficient (Wildman–Crippen LogP) is 2.69. The van der Waals surface area contributed by atoms with Crippen LogP contribution < -0.4 is 4.90 Å². The molecule has 0 saturated carbocycles. The predicted molar refractivity (Wildman–Crippen MR) is 73.5 cm³/mol. The molecule has 0 spiro atoms. The van der Waals surface area contributed by atoms with Gasteiger partial charge in [0.1, 0.15) is 17.8 Å². The van der Waals surface area contributed by atoms with E-state index in [1.807, 2.05) is 11.0 Å². The second-order valence-corrected chi connectivity index (χ2v) is 4.83. The number of alkyl halides is 1. The van der Waals surface area contributed by atoms with Crippen molar-refractivity contribution < 1.29 is 4.39 Å². The van der Waals surface area contributed by atoms with Crippen molar-refractivity contribution >= 4 is 11.5 Å². The lowest BCUT2D eigenvalue weighted by Gasteiger charge is -2.32. The van der Waals surface area contributed by atoms with Gasteiger partial charge in [-0.3, -0.25) is 0 Å². The monoisotopic (exact) mass is 268 g/mol. The van der Waals surface area contributed by atoms with E-state index in [9.17, 15) is 4.39 Å². The number of anilines is 2. The van der Waals surface area contributed by atoms with Gasteiger partial charge in [0.05, 0.1) is 18.2 Å². The lowest BCUT2D eigenvalue weighted by atomic mass is 9.98. The largest absolute Gasteiger partial charge is 0.323 e. The van der Waals surface area contributed by atoms with Crippen LogP contribution in [-0.2, 0) is 6.42 Å². The van der Waals surface area contributed by atoms with Crippen molar-refractivity contribution in [2.75, 3.05) is 11.4 Å². The zero-order chi connectivity index (χ0) is 14.1. The zero-order valence-corrected chi connectivity index (χ0v) is 11.0. The van der Waals surface area contributed by atoms with Crippen LogP contribution in [0.25, 0.3) is 0 Å². The van der Waals surface area contributed by atoms with E-state index in [2.05, 4.69) is 16.0 Å². The van der Waals surface area contributed by atoms with Gasteiger partial charge >= 0.3 is 0 Å². The number of aryl methyl sites for hydroxylation is 1. The standard InChI is InChI=1S/C15H13FN4/c1-10-18-5-4-15(19-10)20-9-13(16)7-12-6-11(8-17)2-3-14(12)20/h2-6,13H,7,9H2,1H3. The lowest BCUT2D eigenvalue weighted by Crippen LogP contribution is -2.33. The van der Waals surface area contributed by atoms with Crippen LogP contribution in [0.15, 0.2) is 30.5 Å². The summed E-state index contributed by atoms with van der Waals surface area (Å²) in [4.78, 5) is 10.3. The number of benzene rings is 1. The Morgan fingerprint density at radius 3 is 3.00 bits per heavy atom. The molecule has 1 aliphatic heterocycles. The summed E-state index contributed by atoms with van der Waals surface area (Å²) < 4.78 is 14.0. The van der Waals surface area contributed by atoms with Gasteiger partial charge in [0, 0.05) is 18.3 Å². The van der Waals surface area contributed by atoms with E-state index >= 15 is 0 Å². The number of hydrogen-bond acceptors (Lipinski definition) is 4. The first-order valence-corrected chi connectivity index (χ1v) is 6.41. The highest BCUT2D eigenvalue weighted by Crippen LogP contribution is 2.33. The van der Waals surface area contributed by atoms with Crippen LogP contribution in [0, 0.1) is 18.3 Å². The molecule has 0 amide bonds. The second kappa shape index (κ2) is 4.89. The number of halogens is 1. The fourth-order valence-corrected chi connectivity index (χ4v) is 2.49. The van der Waals surface area contributed by atoms with E-state index < -0.39 is 6.17 Å². The Labute approximate surface area is 116 Å². The quantitative estimate of drug-likeness (QED) is 0.798. The van der Waals surface area contributed by atoms with Crippen LogP contribution in [0.4, 0.5) is 15.9 Å². The van der Waals surface area contributed by atoms with Crippen LogP contribution >= 0.6 is 0 Å². The molecule has 1 aromatic carbocycles.